The van der Waals surface area contributed by atoms with Crippen molar-refractivity contribution in [1.29, 1.82) is 0 Å². The third-order valence-electron chi connectivity index (χ3n) is 3.21. The number of nitrogens with one attached hydrogen (secondary N) is 1. The topological polar surface area (TPSA) is 59.8 Å². The van der Waals surface area contributed by atoms with Crippen LogP contribution >= 0.6 is 11.3 Å². The summed E-state index contributed by atoms with van der Waals surface area (Å²) in [5.41, 5.74) is 2.95. The molecule has 0 fully saturated rings. The van der Waals surface area contributed by atoms with E-state index in [1.165, 1.54) is 11.3 Å². The molecule has 0 aliphatic heterocycles. The van der Waals surface area contributed by atoms with Gasteiger partial charge in [0.25, 0.3) is 0 Å². The molecule has 0 spiro atoms. The van der Waals surface area contributed by atoms with Crippen molar-refractivity contribution in [3.63, 3.8) is 0 Å². The van der Waals surface area contributed by atoms with Crippen molar-refractivity contribution >= 4 is 33.4 Å². The second-order valence-electron chi connectivity index (χ2n) is 4.60. The molecule has 0 atom stereocenters. The molecule has 2 heterocycles. The van der Waals surface area contributed by atoms with E-state index >= 15 is 0 Å². The molecule has 0 aliphatic rings. The summed E-state index contributed by atoms with van der Waals surface area (Å²) in [4.78, 5) is 20.4. The first-order chi connectivity index (χ1) is 9.63. The molecule has 0 aliphatic carbocycles. The zero-order valence-corrected chi connectivity index (χ0v) is 12.1. The lowest BCUT2D eigenvalue weighted by molar-refractivity contribution is -0.115. The number of fused-ring (bicyclic) bond motifs is 1. The van der Waals surface area contributed by atoms with Gasteiger partial charge in [-0.3, -0.25) is 4.79 Å². The molecule has 0 saturated heterocycles. The maximum absolute atomic E-state index is 11.9. The Labute approximate surface area is 120 Å². The Morgan fingerprint density at radius 2 is 2.30 bits per heavy atom. The Balaban J connectivity index is 1.79. The number of thiazole rings is 1. The van der Waals surface area contributed by atoms with Gasteiger partial charge in [-0.25, -0.2) is 9.97 Å². The summed E-state index contributed by atoms with van der Waals surface area (Å²) in [6.07, 6.45) is 1.99. The van der Waals surface area contributed by atoms with Gasteiger partial charge >= 0.3 is 0 Å². The number of aryl methyl sites for hydroxylation is 2. The van der Waals surface area contributed by atoms with Gasteiger partial charge in [-0.05, 0) is 24.6 Å². The summed E-state index contributed by atoms with van der Waals surface area (Å²) in [5.74, 6) is 0.899. The number of hydrogen-bond donors (Lipinski definition) is 1. The quantitative estimate of drug-likeness (QED) is 0.805. The number of anilines is 1. The average molecular weight is 286 g/mol. The Morgan fingerprint density at radius 3 is 3.05 bits per heavy atom. The van der Waals surface area contributed by atoms with Crippen LogP contribution in [0.1, 0.15) is 11.4 Å². The summed E-state index contributed by atoms with van der Waals surface area (Å²) in [7, 11) is 1.99. The van der Waals surface area contributed by atoms with Gasteiger partial charge in [0, 0.05) is 18.6 Å². The number of rotatable bonds is 3. The van der Waals surface area contributed by atoms with Crippen LogP contribution in [-0.2, 0) is 18.3 Å². The molecule has 0 unspecified atom stereocenters. The standard InChI is InChI=1S/C14H14N4OS/c1-9-16-11-7-10(3-4-12(11)18(9)2)8-13(19)17-14-15-5-6-20-14/h3-7H,8H2,1-2H3,(H,15,17,19). The Bertz CT molecular complexity index is 761. The van der Waals surface area contributed by atoms with Crippen LogP contribution in [0.2, 0.25) is 0 Å². The SMILES string of the molecule is Cc1nc2cc(CC(=O)Nc3nccs3)ccc2n1C. The minimum Gasteiger partial charge on any atom is -0.331 e. The van der Waals surface area contributed by atoms with Crippen molar-refractivity contribution in [1.82, 2.24) is 14.5 Å². The molecule has 6 heteroatoms. The van der Waals surface area contributed by atoms with Crippen LogP contribution in [0.25, 0.3) is 11.0 Å². The molecule has 102 valence electrons. The first-order valence-electron chi connectivity index (χ1n) is 6.25. The molecule has 0 bridgehead atoms. The molecule has 2 aromatic heterocycles. The number of carbonyl (C=O) groups is 1. The summed E-state index contributed by atoms with van der Waals surface area (Å²) in [6, 6.07) is 5.93. The van der Waals surface area contributed by atoms with Crippen molar-refractivity contribution in [3.05, 3.63) is 41.2 Å². The van der Waals surface area contributed by atoms with E-state index in [9.17, 15) is 4.79 Å². The molecule has 1 aromatic carbocycles. The molecule has 0 radical (unpaired) electrons. The van der Waals surface area contributed by atoms with Gasteiger partial charge in [0.05, 0.1) is 17.5 Å². The summed E-state index contributed by atoms with van der Waals surface area (Å²) >= 11 is 1.41. The monoisotopic (exact) mass is 286 g/mol. The predicted octanol–water partition coefficient (Wildman–Crippen LogP) is 2.52. The van der Waals surface area contributed by atoms with Crippen molar-refractivity contribution in [3.8, 4) is 0 Å². The van der Waals surface area contributed by atoms with Crippen molar-refractivity contribution in [2.45, 2.75) is 13.3 Å². The smallest absolute Gasteiger partial charge is 0.230 e. The van der Waals surface area contributed by atoms with Crippen molar-refractivity contribution < 1.29 is 4.79 Å². The van der Waals surface area contributed by atoms with Crippen LogP contribution in [0.15, 0.2) is 29.8 Å². The lowest BCUT2D eigenvalue weighted by Gasteiger charge is -2.02. The molecule has 3 aromatic rings. The van der Waals surface area contributed by atoms with Crippen molar-refractivity contribution in [2.24, 2.45) is 7.05 Å². The van der Waals surface area contributed by atoms with Gasteiger partial charge in [-0.2, -0.15) is 0 Å². The van der Waals surface area contributed by atoms with E-state index in [0.29, 0.717) is 11.6 Å². The van der Waals surface area contributed by atoms with Gasteiger partial charge in [0.2, 0.25) is 5.91 Å². The molecule has 3 rings (SSSR count). The maximum Gasteiger partial charge on any atom is 0.230 e. The van der Waals surface area contributed by atoms with Gasteiger partial charge in [0.1, 0.15) is 5.82 Å². The highest BCUT2D eigenvalue weighted by Crippen LogP contribution is 2.17. The zero-order chi connectivity index (χ0) is 14.1. The number of carbonyl (C=O) groups excluding carboxylic acids is 1. The van der Waals surface area contributed by atoms with E-state index in [2.05, 4.69) is 15.3 Å². The Morgan fingerprint density at radius 1 is 1.45 bits per heavy atom. The van der Waals surface area contributed by atoms with Gasteiger partial charge in [-0.1, -0.05) is 6.07 Å². The fraction of sp³-hybridized carbons (Fsp3) is 0.214. The molecule has 20 heavy (non-hydrogen) atoms. The van der Waals surface area contributed by atoms with E-state index in [0.717, 1.165) is 22.4 Å². The van der Waals surface area contributed by atoms with Gasteiger partial charge < -0.3 is 9.88 Å². The number of imidazole rings is 1. The van der Waals surface area contributed by atoms with Crippen LogP contribution < -0.4 is 5.32 Å². The molecule has 0 saturated carbocycles. The normalized spacial score (nSPS) is 10.9. The van der Waals surface area contributed by atoms with E-state index in [-0.39, 0.29) is 5.91 Å². The first-order valence-corrected chi connectivity index (χ1v) is 7.13. The van der Waals surface area contributed by atoms with E-state index in [1.807, 2.05) is 42.1 Å². The summed E-state index contributed by atoms with van der Waals surface area (Å²) in [5, 5.41) is 5.24. The second-order valence-corrected chi connectivity index (χ2v) is 5.50. The van der Waals surface area contributed by atoms with Crippen LogP contribution in [0.3, 0.4) is 0 Å². The fourth-order valence-electron chi connectivity index (χ4n) is 2.11. The third kappa shape index (κ3) is 2.42. The number of amides is 1. The van der Waals surface area contributed by atoms with Crippen LogP contribution in [0.4, 0.5) is 5.13 Å². The molecule has 5 nitrogen and oxygen atoms in total. The zero-order valence-electron chi connectivity index (χ0n) is 11.3. The molecule has 1 amide bonds. The lowest BCUT2D eigenvalue weighted by atomic mass is 10.1. The van der Waals surface area contributed by atoms with E-state index in [1.54, 1.807) is 6.20 Å². The number of aromatic nitrogens is 3. The first kappa shape index (κ1) is 12.8. The molecular formula is C14H14N4OS. The third-order valence-corrected chi connectivity index (χ3v) is 3.90. The highest BCUT2D eigenvalue weighted by atomic mass is 32.1. The average Bonchev–Trinajstić information content (AvgIpc) is 2.99. The highest BCUT2D eigenvalue weighted by molar-refractivity contribution is 7.13. The predicted molar refractivity (Wildman–Crippen MR) is 79.9 cm³/mol. The summed E-state index contributed by atoms with van der Waals surface area (Å²) in [6.45, 7) is 1.97. The summed E-state index contributed by atoms with van der Waals surface area (Å²) < 4.78 is 2.04. The highest BCUT2D eigenvalue weighted by Gasteiger charge is 2.09. The van der Waals surface area contributed by atoms with Gasteiger partial charge in [0.15, 0.2) is 5.13 Å². The lowest BCUT2D eigenvalue weighted by Crippen LogP contribution is -2.14. The van der Waals surface area contributed by atoms with Gasteiger partial charge in [-0.15, -0.1) is 11.3 Å². The second kappa shape index (κ2) is 5.05. The number of benzene rings is 1. The van der Waals surface area contributed by atoms with Crippen LogP contribution in [0, 0.1) is 6.92 Å². The Hall–Kier alpha value is -2.21. The minimum atomic E-state index is -0.0630. The minimum absolute atomic E-state index is 0.0630. The maximum atomic E-state index is 11.9. The number of hydrogen-bond acceptors (Lipinski definition) is 4. The number of nitrogens with zero attached hydrogens (tertiary/aromatic N) is 3. The fourth-order valence-corrected chi connectivity index (χ4v) is 2.65. The largest absolute Gasteiger partial charge is 0.331 e. The van der Waals surface area contributed by atoms with Crippen LogP contribution in [0.5, 0.6) is 0 Å². The van der Waals surface area contributed by atoms with Crippen molar-refractivity contribution in [2.75, 3.05) is 5.32 Å². The molecule has 1 N–H and O–H groups in total. The molecular weight excluding hydrogens is 272 g/mol. The van der Waals surface area contributed by atoms with E-state index in [4.69, 9.17) is 0 Å². The van der Waals surface area contributed by atoms with E-state index < -0.39 is 0 Å². The Kier molecular flexibility index (Phi) is 3.23. The van der Waals surface area contributed by atoms with Crippen LogP contribution in [-0.4, -0.2) is 20.4 Å².